The Balaban J connectivity index is 2.77. The average molecular weight is 198 g/mol. The van der Waals surface area contributed by atoms with E-state index in [1.165, 1.54) is 0 Å². The molecule has 0 fully saturated rings. The number of aromatic nitrogens is 2. The molecule has 7 nitrogen and oxygen atoms in total. The molecule has 0 atom stereocenters. The van der Waals surface area contributed by atoms with Crippen LogP contribution >= 0.6 is 0 Å². The van der Waals surface area contributed by atoms with E-state index in [2.05, 4.69) is 0 Å². The third-order valence-corrected chi connectivity index (χ3v) is 1.94. The molecule has 0 aromatic carbocycles. The molecule has 0 saturated heterocycles. The van der Waals surface area contributed by atoms with Crippen LogP contribution in [0.25, 0.3) is 11.1 Å². The molecule has 7 heteroatoms. The number of hydrogen-bond donors (Lipinski definition) is 2. The van der Waals surface area contributed by atoms with Crippen LogP contribution in [0.4, 0.5) is 11.6 Å². The zero-order valence-electron chi connectivity index (χ0n) is 7.76. The highest BCUT2D eigenvalue weighted by atomic mass is 16.6. The summed E-state index contributed by atoms with van der Waals surface area (Å²) in [5.74, 6) is 0.403. The first-order valence-electron chi connectivity index (χ1n) is 3.92. The Labute approximate surface area is 79.1 Å². The predicted octanol–water partition coefficient (Wildman–Crippen LogP) is -0.247. The maximum absolute atomic E-state index is 11.3. The highest BCUT2D eigenvalue weighted by molar-refractivity contribution is 5.90. The van der Waals surface area contributed by atoms with Crippen molar-refractivity contribution in [2.75, 3.05) is 24.7 Å². The van der Waals surface area contributed by atoms with E-state index in [4.69, 9.17) is 15.4 Å². The third-order valence-electron chi connectivity index (χ3n) is 1.94. The molecule has 0 unspecified atom stereocenters. The van der Waals surface area contributed by atoms with Gasteiger partial charge in [-0.15, -0.1) is 0 Å². The number of fused-ring (bicyclic) bond motifs is 1. The van der Waals surface area contributed by atoms with Crippen molar-refractivity contribution in [1.29, 1.82) is 0 Å². The number of rotatable bonds is 1. The fourth-order valence-corrected chi connectivity index (χ4v) is 1.32. The second-order valence-corrected chi connectivity index (χ2v) is 3.15. The summed E-state index contributed by atoms with van der Waals surface area (Å²) in [7, 11) is 3.49. The highest BCUT2D eigenvalue weighted by Gasteiger charge is 2.24. The van der Waals surface area contributed by atoms with Crippen molar-refractivity contribution in [2.24, 2.45) is 0 Å². The summed E-state index contributed by atoms with van der Waals surface area (Å²) in [5, 5.41) is 20.3. The number of anilines is 2. The summed E-state index contributed by atoms with van der Waals surface area (Å²) in [6.07, 6.45) is 1.16. The van der Waals surface area contributed by atoms with Crippen molar-refractivity contribution in [3.8, 4) is 0 Å². The van der Waals surface area contributed by atoms with E-state index < -0.39 is 0 Å². The summed E-state index contributed by atoms with van der Waals surface area (Å²) < 4.78 is 5.26. The minimum atomic E-state index is 0.135. The van der Waals surface area contributed by atoms with E-state index in [0.717, 1.165) is 6.20 Å². The standard InChI is InChI=1S/C7H10N4O3/c1-9(2)7-5(8)6-4(14-7)3-10(12)11(6)13/h3,12H,8H2,1-2H3. The molecule has 2 aromatic heterocycles. The molecule has 0 saturated carbocycles. The molecule has 2 heterocycles. The molecule has 0 spiro atoms. The number of hydrogen-bond acceptors (Lipinski definition) is 5. The lowest BCUT2D eigenvalue weighted by atomic mass is 10.4. The molecule has 2 rings (SSSR count). The average Bonchev–Trinajstić information content (AvgIpc) is 2.54. The lowest BCUT2D eigenvalue weighted by Gasteiger charge is -2.07. The van der Waals surface area contributed by atoms with Crippen molar-refractivity contribution in [3.05, 3.63) is 11.4 Å². The van der Waals surface area contributed by atoms with E-state index in [9.17, 15) is 5.21 Å². The van der Waals surface area contributed by atoms with Crippen molar-refractivity contribution in [2.45, 2.75) is 0 Å². The molecule has 14 heavy (non-hydrogen) atoms. The Morgan fingerprint density at radius 2 is 2.29 bits per heavy atom. The quantitative estimate of drug-likeness (QED) is 0.374. The molecule has 0 aliphatic heterocycles. The zero-order chi connectivity index (χ0) is 10.5. The molecule has 76 valence electrons. The van der Waals surface area contributed by atoms with Gasteiger partial charge in [-0.1, -0.05) is 0 Å². The van der Waals surface area contributed by atoms with Gasteiger partial charge in [0.05, 0.1) is 0 Å². The molecular formula is C7H10N4O3. The van der Waals surface area contributed by atoms with Crippen LogP contribution in [0.1, 0.15) is 0 Å². The van der Waals surface area contributed by atoms with Crippen molar-refractivity contribution < 1.29 is 14.5 Å². The second kappa shape index (κ2) is 2.47. The van der Waals surface area contributed by atoms with Crippen molar-refractivity contribution >= 4 is 22.7 Å². The van der Waals surface area contributed by atoms with Crippen LogP contribution in [0.2, 0.25) is 0 Å². The van der Waals surface area contributed by atoms with Gasteiger partial charge in [0.15, 0.2) is 11.9 Å². The van der Waals surface area contributed by atoms with E-state index in [1.807, 2.05) is 0 Å². The highest BCUT2D eigenvalue weighted by Crippen LogP contribution is 2.31. The molecular weight excluding hydrogens is 188 g/mol. The Bertz CT molecular complexity index is 485. The van der Waals surface area contributed by atoms with Crippen LogP contribution in [0.3, 0.4) is 0 Å². The van der Waals surface area contributed by atoms with E-state index in [1.54, 1.807) is 19.0 Å². The van der Waals surface area contributed by atoms with Gasteiger partial charge in [-0.3, -0.25) is 0 Å². The lowest BCUT2D eigenvalue weighted by molar-refractivity contribution is -0.702. The fourth-order valence-electron chi connectivity index (χ4n) is 1.32. The summed E-state index contributed by atoms with van der Waals surface area (Å²) >= 11 is 0. The van der Waals surface area contributed by atoms with E-state index >= 15 is 0 Å². The minimum absolute atomic E-state index is 0.135. The number of nitrogens with zero attached hydrogens (tertiary/aromatic N) is 3. The molecule has 2 aromatic rings. The maximum atomic E-state index is 11.3. The topological polar surface area (TPSA) is 94.5 Å². The Morgan fingerprint density at radius 3 is 2.79 bits per heavy atom. The monoisotopic (exact) mass is 198 g/mol. The fraction of sp³-hybridized carbons (Fsp3) is 0.286. The van der Waals surface area contributed by atoms with Gasteiger partial charge in [0, 0.05) is 18.9 Å². The van der Waals surface area contributed by atoms with Gasteiger partial charge in [0.2, 0.25) is 11.5 Å². The van der Waals surface area contributed by atoms with Gasteiger partial charge in [-0.2, -0.15) is 0 Å². The zero-order valence-corrected chi connectivity index (χ0v) is 7.76. The molecule has 3 N–H and O–H groups in total. The van der Waals surface area contributed by atoms with Crippen LogP contribution in [-0.2, 0) is 0 Å². The summed E-state index contributed by atoms with van der Waals surface area (Å²) in [5.41, 5.74) is 6.28. The van der Waals surface area contributed by atoms with Crippen molar-refractivity contribution in [3.63, 3.8) is 0 Å². The van der Waals surface area contributed by atoms with Crippen LogP contribution in [0.5, 0.6) is 0 Å². The van der Waals surface area contributed by atoms with E-state index in [-0.39, 0.29) is 21.6 Å². The lowest BCUT2D eigenvalue weighted by Crippen LogP contribution is -2.36. The largest absolute Gasteiger partial charge is 0.593 e. The number of nitrogen functional groups attached to an aromatic ring is 1. The second-order valence-electron chi connectivity index (χ2n) is 3.15. The van der Waals surface area contributed by atoms with Gasteiger partial charge in [-0.05, 0) is 4.85 Å². The van der Waals surface area contributed by atoms with Gasteiger partial charge < -0.3 is 25.5 Å². The number of furan rings is 1. The van der Waals surface area contributed by atoms with Crippen LogP contribution < -0.4 is 15.5 Å². The number of nitrogens with two attached hydrogens (primary N) is 1. The Kier molecular flexibility index (Phi) is 1.51. The van der Waals surface area contributed by atoms with Crippen LogP contribution in [0, 0.1) is 5.21 Å². The van der Waals surface area contributed by atoms with Crippen LogP contribution in [-0.4, -0.2) is 24.1 Å². The Morgan fingerprint density at radius 1 is 1.64 bits per heavy atom. The summed E-state index contributed by atoms with van der Waals surface area (Å²) in [4.78, 5) is 2.29. The van der Waals surface area contributed by atoms with Gasteiger partial charge >= 0.3 is 5.52 Å². The summed E-state index contributed by atoms with van der Waals surface area (Å²) in [6.45, 7) is 0. The van der Waals surface area contributed by atoms with Gasteiger partial charge in [0.1, 0.15) is 0 Å². The van der Waals surface area contributed by atoms with E-state index in [0.29, 0.717) is 10.7 Å². The van der Waals surface area contributed by atoms with Gasteiger partial charge in [-0.25, -0.2) is 0 Å². The van der Waals surface area contributed by atoms with Crippen molar-refractivity contribution in [1.82, 2.24) is 4.85 Å². The smallest absolute Gasteiger partial charge is 0.318 e. The van der Waals surface area contributed by atoms with Crippen LogP contribution in [0.15, 0.2) is 10.6 Å². The maximum Gasteiger partial charge on any atom is 0.318 e. The Hall–Kier alpha value is -2.05. The SMILES string of the molecule is CN(C)c1oc2cn(O)[n+]([O-])c2c1N. The normalized spacial score (nSPS) is 11.0. The predicted molar refractivity (Wildman–Crippen MR) is 49.1 cm³/mol. The third kappa shape index (κ3) is 0.889. The molecule has 0 aliphatic rings. The minimum Gasteiger partial charge on any atom is -0.593 e. The molecule has 0 aliphatic carbocycles. The first-order valence-corrected chi connectivity index (χ1v) is 3.92. The first-order chi connectivity index (χ1) is 6.52. The molecule has 0 amide bonds. The van der Waals surface area contributed by atoms with Gasteiger partial charge in [0.25, 0.3) is 0 Å². The molecule has 0 bridgehead atoms. The first kappa shape index (κ1) is 8.54. The summed E-state index contributed by atoms with van der Waals surface area (Å²) in [6, 6.07) is 0. The molecule has 0 radical (unpaired) electrons.